The summed E-state index contributed by atoms with van der Waals surface area (Å²) in [4.78, 5) is 0. The van der Waals surface area contributed by atoms with E-state index in [-0.39, 0.29) is 5.69 Å². The molecule has 0 spiro atoms. The van der Waals surface area contributed by atoms with Crippen LogP contribution in [0.4, 0.5) is 30.2 Å². The zero-order chi connectivity index (χ0) is 15.6. The topological polar surface area (TPSA) is 60.0 Å². The number of rotatable bonds is 3. The van der Waals surface area contributed by atoms with E-state index >= 15 is 0 Å². The Balaban J connectivity index is 2.43. The molecule has 0 aliphatic rings. The Labute approximate surface area is 123 Å². The van der Waals surface area contributed by atoms with E-state index < -0.39 is 28.2 Å². The lowest BCUT2D eigenvalue weighted by Gasteiger charge is -2.05. The molecule has 0 saturated carbocycles. The Morgan fingerprint density at radius 1 is 1.00 bits per heavy atom. The highest BCUT2D eigenvalue weighted by molar-refractivity contribution is 6.31. The fourth-order valence-corrected chi connectivity index (χ4v) is 1.70. The van der Waals surface area contributed by atoms with Crippen LogP contribution in [0.3, 0.4) is 0 Å². The number of hydrogen-bond acceptors (Lipinski definition) is 4. The van der Waals surface area contributed by atoms with E-state index in [2.05, 4.69) is 10.2 Å². The molecule has 0 amide bonds. The fraction of sp³-hybridized carbons (Fsp3) is 0.0769. The molecule has 2 aromatic carbocycles. The van der Waals surface area contributed by atoms with Crippen molar-refractivity contribution in [1.82, 2.24) is 0 Å². The van der Waals surface area contributed by atoms with Gasteiger partial charge in [0.25, 0.3) is 0 Å². The van der Waals surface area contributed by atoms with Gasteiger partial charge in [0.15, 0.2) is 17.5 Å². The van der Waals surface area contributed by atoms with Gasteiger partial charge in [-0.05, 0) is 18.2 Å². The number of hydrogen-bond donors (Lipinski definition) is 1. The van der Waals surface area contributed by atoms with Crippen molar-refractivity contribution in [2.24, 2.45) is 10.2 Å². The number of anilines is 1. The molecule has 0 aromatic heterocycles. The highest BCUT2D eigenvalue weighted by Crippen LogP contribution is 2.33. The maximum absolute atomic E-state index is 13.5. The molecule has 21 heavy (non-hydrogen) atoms. The van der Waals surface area contributed by atoms with Crippen LogP contribution in [-0.2, 0) is 0 Å². The molecule has 0 radical (unpaired) electrons. The summed E-state index contributed by atoms with van der Waals surface area (Å²) in [5, 5.41) is 6.64. The van der Waals surface area contributed by atoms with E-state index in [0.717, 1.165) is 6.07 Å². The molecule has 4 nitrogen and oxygen atoms in total. The van der Waals surface area contributed by atoms with Gasteiger partial charge in [0, 0.05) is 11.8 Å². The first kappa shape index (κ1) is 15.1. The standard InChI is InChI=1S/C13H9ClF3N3O/c1-21-10-4-6(18)2-3-8(10)19-20-9-5-7(14)11(15)13(17)12(9)16/h2-5H,18H2,1H3. The van der Waals surface area contributed by atoms with Gasteiger partial charge in [0.2, 0.25) is 0 Å². The van der Waals surface area contributed by atoms with Crippen molar-refractivity contribution < 1.29 is 17.9 Å². The second-order valence-corrected chi connectivity index (χ2v) is 4.36. The second kappa shape index (κ2) is 6.01. The summed E-state index contributed by atoms with van der Waals surface area (Å²) in [5.41, 5.74) is 5.72. The first-order valence-corrected chi connectivity index (χ1v) is 6.00. The van der Waals surface area contributed by atoms with Crippen molar-refractivity contribution in [2.45, 2.75) is 0 Å². The molecular formula is C13H9ClF3N3O. The molecule has 0 unspecified atom stereocenters. The lowest BCUT2D eigenvalue weighted by Crippen LogP contribution is -1.91. The van der Waals surface area contributed by atoms with Crippen LogP contribution in [-0.4, -0.2) is 7.11 Å². The van der Waals surface area contributed by atoms with Crippen molar-refractivity contribution in [3.8, 4) is 5.75 Å². The zero-order valence-corrected chi connectivity index (χ0v) is 11.5. The highest BCUT2D eigenvalue weighted by atomic mass is 35.5. The summed E-state index contributed by atoms with van der Waals surface area (Å²) < 4.78 is 44.8. The van der Waals surface area contributed by atoms with E-state index in [9.17, 15) is 13.2 Å². The fourth-order valence-electron chi connectivity index (χ4n) is 1.52. The first-order valence-electron chi connectivity index (χ1n) is 5.62. The number of nitrogen functional groups attached to an aromatic ring is 1. The number of ether oxygens (including phenoxy) is 1. The van der Waals surface area contributed by atoms with Crippen LogP contribution in [0, 0.1) is 17.5 Å². The molecule has 0 saturated heterocycles. The van der Waals surface area contributed by atoms with Gasteiger partial charge in [-0.3, -0.25) is 0 Å². The van der Waals surface area contributed by atoms with E-state index in [4.69, 9.17) is 22.1 Å². The third-order valence-electron chi connectivity index (χ3n) is 2.55. The van der Waals surface area contributed by atoms with Crippen molar-refractivity contribution in [2.75, 3.05) is 12.8 Å². The van der Waals surface area contributed by atoms with Crippen LogP contribution in [0.1, 0.15) is 0 Å². The number of halogens is 4. The maximum atomic E-state index is 13.5. The van der Waals surface area contributed by atoms with Gasteiger partial charge in [-0.1, -0.05) is 11.6 Å². The van der Waals surface area contributed by atoms with Gasteiger partial charge in [0.1, 0.15) is 17.1 Å². The van der Waals surface area contributed by atoms with Crippen LogP contribution >= 0.6 is 11.6 Å². The SMILES string of the molecule is COc1cc(N)ccc1N=Nc1cc(Cl)c(F)c(F)c1F. The number of nitrogens with zero attached hydrogens (tertiary/aromatic N) is 2. The Kier molecular flexibility index (Phi) is 4.32. The van der Waals surface area contributed by atoms with Gasteiger partial charge >= 0.3 is 0 Å². The summed E-state index contributed by atoms with van der Waals surface area (Å²) in [6.07, 6.45) is 0. The smallest absolute Gasteiger partial charge is 0.198 e. The molecule has 8 heteroatoms. The molecule has 110 valence electrons. The van der Waals surface area contributed by atoms with Crippen LogP contribution in [0.2, 0.25) is 5.02 Å². The minimum Gasteiger partial charge on any atom is -0.494 e. The molecular weight excluding hydrogens is 307 g/mol. The lowest BCUT2D eigenvalue weighted by atomic mass is 10.2. The van der Waals surface area contributed by atoms with Gasteiger partial charge in [0.05, 0.1) is 12.1 Å². The molecule has 2 N–H and O–H groups in total. The van der Waals surface area contributed by atoms with E-state index in [1.807, 2.05) is 0 Å². The van der Waals surface area contributed by atoms with Crippen LogP contribution in [0.15, 0.2) is 34.5 Å². The van der Waals surface area contributed by atoms with Gasteiger partial charge < -0.3 is 10.5 Å². The van der Waals surface area contributed by atoms with Crippen LogP contribution in [0.5, 0.6) is 5.75 Å². The lowest BCUT2D eigenvalue weighted by molar-refractivity contribution is 0.416. The van der Waals surface area contributed by atoms with Crippen LogP contribution < -0.4 is 10.5 Å². The minimum atomic E-state index is -1.71. The summed E-state index contributed by atoms with van der Waals surface area (Å²) in [6, 6.07) is 5.34. The van der Waals surface area contributed by atoms with Gasteiger partial charge in [-0.2, -0.15) is 0 Å². The Morgan fingerprint density at radius 2 is 1.67 bits per heavy atom. The van der Waals surface area contributed by atoms with Crippen molar-refractivity contribution >= 4 is 28.7 Å². The number of nitrogens with two attached hydrogens (primary N) is 1. The molecule has 0 fully saturated rings. The maximum Gasteiger partial charge on any atom is 0.198 e. The molecule has 2 rings (SSSR count). The number of methoxy groups -OCH3 is 1. The predicted octanol–water partition coefficient (Wildman–Crippen LogP) is 4.76. The average molecular weight is 316 g/mol. The molecule has 0 bridgehead atoms. The van der Waals surface area contributed by atoms with Crippen LogP contribution in [0.25, 0.3) is 0 Å². The quantitative estimate of drug-likeness (QED) is 0.384. The van der Waals surface area contributed by atoms with E-state index in [0.29, 0.717) is 11.4 Å². The van der Waals surface area contributed by atoms with E-state index in [1.54, 1.807) is 0 Å². The number of azo groups is 1. The third kappa shape index (κ3) is 3.08. The summed E-state index contributed by atoms with van der Waals surface area (Å²) in [6.45, 7) is 0. The normalized spacial score (nSPS) is 11.1. The number of benzene rings is 2. The van der Waals surface area contributed by atoms with E-state index in [1.165, 1.54) is 25.3 Å². The summed E-state index contributed by atoms with van der Waals surface area (Å²) in [7, 11) is 1.39. The van der Waals surface area contributed by atoms with Crippen molar-refractivity contribution in [3.63, 3.8) is 0 Å². The Morgan fingerprint density at radius 3 is 2.33 bits per heavy atom. The zero-order valence-electron chi connectivity index (χ0n) is 10.7. The predicted molar refractivity (Wildman–Crippen MR) is 72.9 cm³/mol. The molecule has 0 aliphatic heterocycles. The molecule has 0 aliphatic carbocycles. The molecule has 0 heterocycles. The largest absolute Gasteiger partial charge is 0.494 e. The average Bonchev–Trinajstić information content (AvgIpc) is 2.48. The molecule has 2 aromatic rings. The monoisotopic (exact) mass is 315 g/mol. The third-order valence-corrected chi connectivity index (χ3v) is 2.83. The summed E-state index contributed by atoms with van der Waals surface area (Å²) in [5.74, 6) is -4.36. The summed E-state index contributed by atoms with van der Waals surface area (Å²) >= 11 is 5.43. The Bertz CT molecular complexity index is 722. The second-order valence-electron chi connectivity index (χ2n) is 3.95. The Hall–Kier alpha value is -2.28. The highest BCUT2D eigenvalue weighted by Gasteiger charge is 2.17. The first-order chi connectivity index (χ1) is 9.93. The molecule has 0 atom stereocenters. The van der Waals surface area contributed by atoms with Crippen molar-refractivity contribution in [3.05, 3.63) is 46.7 Å². The van der Waals surface area contributed by atoms with Gasteiger partial charge in [-0.25, -0.2) is 13.2 Å². The van der Waals surface area contributed by atoms with Crippen molar-refractivity contribution in [1.29, 1.82) is 0 Å². The minimum absolute atomic E-state index is 0.243. The van der Waals surface area contributed by atoms with Gasteiger partial charge in [-0.15, -0.1) is 10.2 Å².